The number of nitrogens with zero attached hydrogens (tertiary/aromatic N) is 2. The second-order valence-corrected chi connectivity index (χ2v) is 14.3. The maximum atomic E-state index is 15.6. The lowest BCUT2D eigenvalue weighted by Crippen LogP contribution is -2.46. The van der Waals surface area contributed by atoms with Gasteiger partial charge in [-0.15, -0.1) is 0 Å². The summed E-state index contributed by atoms with van der Waals surface area (Å²) in [6, 6.07) is 24.4. The van der Waals surface area contributed by atoms with Crippen LogP contribution in [0.25, 0.3) is 0 Å². The third kappa shape index (κ3) is 8.61. The van der Waals surface area contributed by atoms with Crippen molar-refractivity contribution in [1.82, 2.24) is 10.2 Å². The molecule has 0 radical (unpaired) electrons. The van der Waals surface area contributed by atoms with Gasteiger partial charge >= 0.3 is 13.9 Å². The van der Waals surface area contributed by atoms with Crippen LogP contribution >= 0.6 is 19.4 Å². The molecule has 5 aromatic rings. The SMILES string of the molecule is CC1c2ccc(C(=O)NCc3c(F)cc(F)cc3F)cc2N(Cc2c(F)ccc(OP(=O)(OCc3ccccc3)OCc3ccccc3)c2Cl)C(=O)N1C. The Labute approximate surface area is 313 Å². The molecule has 1 N–H and O–H groups in total. The van der Waals surface area contributed by atoms with E-state index >= 15 is 4.39 Å². The fourth-order valence-corrected chi connectivity index (χ4v) is 7.21. The molecule has 0 spiro atoms. The minimum atomic E-state index is -4.42. The molecule has 0 bridgehead atoms. The van der Waals surface area contributed by atoms with Crippen LogP contribution in [-0.2, 0) is 39.9 Å². The van der Waals surface area contributed by atoms with Gasteiger partial charge in [0.15, 0.2) is 5.75 Å². The number of anilines is 1. The Morgan fingerprint density at radius 3 is 2.00 bits per heavy atom. The van der Waals surface area contributed by atoms with Crippen molar-refractivity contribution in [3.63, 3.8) is 0 Å². The molecule has 3 amide bonds. The van der Waals surface area contributed by atoms with Crippen LogP contribution < -0.4 is 14.7 Å². The van der Waals surface area contributed by atoms with E-state index in [1.165, 1.54) is 28.0 Å². The van der Waals surface area contributed by atoms with E-state index in [1.54, 1.807) is 68.6 Å². The Kier molecular flexibility index (Phi) is 11.7. The van der Waals surface area contributed by atoms with Crippen LogP contribution in [0.15, 0.2) is 103 Å². The molecular formula is C39H33ClF4N3O6P. The van der Waals surface area contributed by atoms with Gasteiger partial charge in [-0.3, -0.25) is 18.7 Å². The van der Waals surface area contributed by atoms with Crippen molar-refractivity contribution in [2.45, 2.75) is 39.3 Å². The quantitative estimate of drug-likeness (QED) is 0.0944. The summed E-state index contributed by atoms with van der Waals surface area (Å²) in [7, 11) is -2.87. The smallest absolute Gasteiger partial charge is 0.402 e. The molecule has 0 saturated heterocycles. The standard InChI is InChI=1S/C39H33ClF4N3O6P/c1-24-29-14-13-27(38(48)45-20-30-33(43)18-28(41)19-34(30)44)17-35(29)47(39(49)46(24)2)21-31-32(42)15-16-36(37(31)40)53-54(50,51-22-25-9-5-3-6-10-25)52-23-26-11-7-4-8-12-26/h3-19,24H,20-23H2,1-2H3,(H,45,48). The highest BCUT2D eigenvalue weighted by Crippen LogP contribution is 2.53. The van der Waals surface area contributed by atoms with E-state index in [0.29, 0.717) is 28.8 Å². The number of amides is 3. The van der Waals surface area contributed by atoms with Gasteiger partial charge in [-0.1, -0.05) is 78.3 Å². The molecule has 9 nitrogen and oxygen atoms in total. The molecular weight excluding hydrogens is 749 g/mol. The number of carbonyl (C=O) groups is 2. The Hall–Kier alpha value is -5.20. The molecule has 0 aliphatic carbocycles. The van der Waals surface area contributed by atoms with E-state index in [4.69, 9.17) is 25.2 Å². The zero-order valence-electron chi connectivity index (χ0n) is 28.9. The second kappa shape index (κ2) is 16.4. The zero-order chi connectivity index (χ0) is 38.6. The lowest BCUT2D eigenvalue weighted by molar-refractivity contribution is 0.0950. The summed E-state index contributed by atoms with van der Waals surface area (Å²) in [4.78, 5) is 29.5. The van der Waals surface area contributed by atoms with Gasteiger partial charge in [0, 0.05) is 42.4 Å². The molecule has 1 unspecified atom stereocenters. The first-order valence-corrected chi connectivity index (χ1v) is 18.4. The van der Waals surface area contributed by atoms with Gasteiger partial charge in [-0.05, 0) is 47.9 Å². The number of benzene rings is 5. The fourth-order valence-electron chi connectivity index (χ4n) is 5.72. The lowest BCUT2D eigenvalue weighted by Gasteiger charge is -2.40. The molecule has 15 heteroatoms. The van der Waals surface area contributed by atoms with E-state index in [0.717, 1.165) is 6.07 Å². The van der Waals surface area contributed by atoms with Gasteiger partial charge in [0.2, 0.25) is 0 Å². The van der Waals surface area contributed by atoms with Crippen LogP contribution in [0, 0.1) is 23.3 Å². The number of carbonyl (C=O) groups excluding carboxylic acids is 2. The van der Waals surface area contributed by atoms with Gasteiger partial charge in [-0.25, -0.2) is 26.9 Å². The molecule has 1 heterocycles. The van der Waals surface area contributed by atoms with Crippen LogP contribution in [-0.4, -0.2) is 23.9 Å². The Morgan fingerprint density at radius 1 is 0.815 bits per heavy atom. The van der Waals surface area contributed by atoms with E-state index in [2.05, 4.69) is 5.32 Å². The number of hydrogen-bond acceptors (Lipinski definition) is 6. The van der Waals surface area contributed by atoms with E-state index in [9.17, 15) is 27.3 Å². The van der Waals surface area contributed by atoms with Gasteiger partial charge in [0.1, 0.15) is 23.3 Å². The van der Waals surface area contributed by atoms with Crippen molar-refractivity contribution >= 4 is 37.0 Å². The third-order valence-corrected chi connectivity index (χ3v) is 10.5. The minimum Gasteiger partial charge on any atom is -0.402 e. The minimum absolute atomic E-state index is 0.0157. The molecule has 0 fully saturated rings. The number of urea groups is 1. The number of hydrogen-bond donors (Lipinski definition) is 1. The molecule has 54 heavy (non-hydrogen) atoms. The van der Waals surface area contributed by atoms with Crippen LogP contribution in [0.5, 0.6) is 5.75 Å². The van der Waals surface area contributed by atoms with Crippen molar-refractivity contribution in [1.29, 1.82) is 0 Å². The number of phosphoric acid groups is 1. The fraction of sp³-hybridized carbons (Fsp3) is 0.179. The summed E-state index contributed by atoms with van der Waals surface area (Å²) >= 11 is 6.73. The third-order valence-electron chi connectivity index (χ3n) is 8.82. The first kappa shape index (κ1) is 38.5. The molecule has 0 saturated carbocycles. The predicted octanol–water partition coefficient (Wildman–Crippen LogP) is 9.88. The van der Waals surface area contributed by atoms with Crippen molar-refractivity contribution in [2.24, 2.45) is 0 Å². The van der Waals surface area contributed by atoms with Crippen LogP contribution in [0.2, 0.25) is 5.02 Å². The van der Waals surface area contributed by atoms with Gasteiger partial charge in [0.25, 0.3) is 5.91 Å². The van der Waals surface area contributed by atoms with Crippen molar-refractivity contribution in [2.75, 3.05) is 11.9 Å². The predicted molar refractivity (Wildman–Crippen MR) is 194 cm³/mol. The highest BCUT2D eigenvalue weighted by Gasteiger charge is 2.36. The average Bonchev–Trinajstić information content (AvgIpc) is 3.16. The normalized spacial score (nSPS) is 14.2. The summed E-state index contributed by atoms with van der Waals surface area (Å²) in [5.74, 6) is -5.24. The van der Waals surface area contributed by atoms with Crippen LogP contribution in [0.1, 0.15) is 51.1 Å². The summed E-state index contributed by atoms with van der Waals surface area (Å²) in [6.45, 7) is 0.426. The van der Waals surface area contributed by atoms with Crippen LogP contribution in [0.4, 0.5) is 28.0 Å². The number of fused-ring (bicyclic) bond motifs is 1. The number of halogens is 5. The summed E-state index contributed by atoms with van der Waals surface area (Å²) in [5, 5.41) is 2.09. The number of rotatable bonds is 13. The first-order chi connectivity index (χ1) is 25.8. The molecule has 1 atom stereocenters. The second-order valence-electron chi connectivity index (χ2n) is 12.4. The Bertz CT molecular complexity index is 2160. The number of phosphoric ester groups is 1. The number of nitrogens with one attached hydrogen (secondary N) is 1. The van der Waals surface area contributed by atoms with Crippen molar-refractivity contribution < 1.29 is 45.3 Å². The first-order valence-electron chi connectivity index (χ1n) is 16.6. The largest absolute Gasteiger partial charge is 0.530 e. The molecule has 280 valence electrons. The van der Waals surface area contributed by atoms with E-state index < -0.39 is 67.7 Å². The van der Waals surface area contributed by atoms with Gasteiger partial charge < -0.3 is 14.7 Å². The monoisotopic (exact) mass is 781 g/mol. The van der Waals surface area contributed by atoms with Gasteiger partial charge in [0.05, 0.1) is 36.5 Å². The average molecular weight is 782 g/mol. The van der Waals surface area contributed by atoms with E-state index in [-0.39, 0.29) is 40.8 Å². The maximum Gasteiger partial charge on any atom is 0.530 e. The Morgan fingerprint density at radius 2 is 1.41 bits per heavy atom. The summed E-state index contributed by atoms with van der Waals surface area (Å²) < 4.78 is 88.7. The maximum absolute atomic E-state index is 15.6. The highest BCUT2D eigenvalue weighted by molar-refractivity contribution is 7.48. The zero-order valence-corrected chi connectivity index (χ0v) is 30.6. The molecule has 1 aliphatic heterocycles. The Balaban J connectivity index is 1.28. The van der Waals surface area contributed by atoms with Crippen molar-refractivity contribution in [3.05, 3.63) is 165 Å². The molecule has 1 aliphatic rings. The molecule has 0 aromatic heterocycles. The van der Waals surface area contributed by atoms with Crippen molar-refractivity contribution in [3.8, 4) is 5.75 Å². The topological polar surface area (TPSA) is 97.4 Å². The van der Waals surface area contributed by atoms with Gasteiger partial charge in [-0.2, -0.15) is 0 Å². The lowest BCUT2D eigenvalue weighted by atomic mass is 9.98. The summed E-state index contributed by atoms with van der Waals surface area (Å²) in [6.07, 6.45) is 0. The molecule has 5 aromatic carbocycles. The summed E-state index contributed by atoms with van der Waals surface area (Å²) in [5.41, 5.74) is 1.47. The highest BCUT2D eigenvalue weighted by atomic mass is 35.5. The molecule has 6 rings (SSSR count). The van der Waals surface area contributed by atoms with Crippen LogP contribution in [0.3, 0.4) is 0 Å². The van der Waals surface area contributed by atoms with E-state index in [1.807, 2.05) is 12.1 Å².